The van der Waals surface area contributed by atoms with Crippen LogP contribution in [0.25, 0.3) is 0 Å². The van der Waals surface area contributed by atoms with Gasteiger partial charge in [-0.1, -0.05) is 17.7 Å². The molecule has 0 spiro atoms. The highest BCUT2D eigenvalue weighted by Gasteiger charge is 2.41. The molecule has 0 amide bonds. The van der Waals surface area contributed by atoms with Crippen LogP contribution in [-0.4, -0.2) is 15.2 Å². The number of aromatic nitrogens is 1. The van der Waals surface area contributed by atoms with Gasteiger partial charge in [0.15, 0.2) is 5.11 Å². The maximum Gasteiger partial charge on any atom is 0.174 e. The maximum atomic E-state index is 9.59. The van der Waals surface area contributed by atoms with E-state index in [1.165, 1.54) is 11.3 Å². The van der Waals surface area contributed by atoms with Gasteiger partial charge in [0, 0.05) is 16.8 Å². The van der Waals surface area contributed by atoms with Crippen LogP contribution in [0.2, 0.25) is 4.34 Å². The Morgan fingerprint density at radius 1 is 1.12 bits per heavy atom. The molecule has 1 aromatic carbocycles. The van der Waals surface area contributed by atoms with Gasteiger partial charge in [-0.3, -0.25) is 4.98 Å². The van der Waals surface area contributed by atoms with Gasteiger partial charge < -0.3 is 15.3 Å². The normalized spacial score (nSPS) is 19.9. The number of anilines is 1. The van der Waals surface area contributed by atoms with Crippen molar-refractivity contribution in [2.24, 2.45) is 0 Å². The molecule has 126 valence electrons. The van der Waals surface area contributed by atoms with Crippen LogP contribution in [0.15, 0.2) is 60.8 Å². The van der Waals surface area contributed by atoms with Crippen molar-refractivity contribution < 1.29 is 5.11 Å². The van der Waals surface area contributed by atoms with E-state index in [-0.39, 0.29) is 17.8 Å². The molecule has 25 heavy (non-hydrogen) atoms. The van der Waals surface area contributed by atoms with Crippen LogP contribution in [0, 0.1) is 0 Å². The van der Waals surface area contributed by atoms with Crippen molar-refractivity contribution in [2.75, 3.05) is 4.90 Å². The van der Waals surface area contributed by atoms with E-state index in [0.29, 0.717) is 5.11 Å². The number of thiocarbonyl (C=S) groups is 1. The van der Waals surface area contributed by atoms with E-state index in [1.54, 1.807) is 18.3 Å². The first-order valence-corrected chi connectivity index (χ1v) is 9.28. The van der Waals surface area contributed by atoms with Crippen LogP contribution in [0.5, 0.6) is 5.75 Å². The molecule has 4 nitrogen and oxygen atoms in total. The van der Waals surface area contributed by atoms with Crippen LogP contribution in [0.4, 0.5) is 5.69 Å². The van der Waals surface area contributed by atoms with Gasteiger partial charge in [-0.05, 0) is 60.7 Å². The molecule has 1 saturated heterocycles. The summed E-state index contributed by atoms with van der Waals surface area (Å²) in [5.41, 5.74) is 1.82. The number of halogens is 1. The fraction of sp³-hybridized carbons (Fsp3) is 0.111. The highest BCUT2D eigenvalue weighted by Crippen LogP contribution is 2.44. The number of rotatable bonds is 3. The molecule has 4 rings (SSSR count). The molecule has 2 unspecified atom stereocenters. The van der Waals surface area contributed by atoms with Gasteiger partial charge in [-0.2, -0.15) is 0 Å². The van der Waals surface area contributed by atoms with Crippen molar-refractivity contribution in [1.82, 2.24) is 10.3 Å². The number of nitrogens with one attached hydrogen (secondary N) is 1. The van der Waals surface area contributed by atoms with E-state index in [2.05, 4.69) is 15.2 Å². The molecule has 7 heteroatoms. The van der Waals surface area contributed by atoms with Crippen LogP contribution >= 0.6 is 35.2 Å². The summed E-state index contributed by atoms with van der Waals surface area (Å²) < 4.78 is 0.734. The summed E-state index contributed by atoms with van der Waals surface area (Å²) in [6, 6.07) is 16.6. The molecule has 2 aromatic heterocycles. The van der Waals surface area contributed by atoms with E-state index < -0.39 is 0 Å². The fourth-order valence-corrected chi connectivity index (χ4v) is 4.56. The van der Waals surface area contributed by atoms with E-state index >= 15 is 0 Å². The maximum absolute atomic E-state index is 9.59. The van der Waals surface area contributed by atoms with Gasteiger partial charge >= 0.3 is 0 Å². The molecule has 3 aromatic rings. The fourth-order valence-electron chi connectivity index (χ4n) is 3.02. The number of hydrogen-bond donors (Lipinski definition) is 2. The number of phenolic OH excluding ortho intramolecular Hbond substituents is 1. The van der Waals surface area contributed by atoms with Gasteiger partial charge in [-0.15, -0.1) is 11.3 Å². The Morgan fingerprint density at radius 2 is 1.92 bits per heavy atom. The van der Waals surface area contributed by atoms with Gasteiger partial charge in [0.25, 0.3) is 0 Å². The largest absolute Gasteiger partial charge is 0.508 e. The second kappa shape index (κ2) is 6.63. The Hall–Kier alpha value is -2.15. The molecule has 1 aliphatic heterocycles. The summed E-state index contributed by atoms with van der Waals surface area (Å²) in [6.07, 6.45) is 1.78. The Labute approximate surface area is 159 Å². The van der Waals surface area contributed by atoms with Gasteiger partial charge in [0.05, 0.1) is 22.1 Å². The zero-order valence-corrected chi connectivity index (χ0v) is 15.4. The van der Waals surface area contributed by atoms with E-state index in [1.807, 2.05) is 42.5 Å². The molecular weight excluding hydrogens is 374 g/mol. The number of nitrogens with zero attached hydrogens (tertiary/aromatic N) is 2. The van der Waals surface area contributed by atoms with Gasteiger partial charge in [-0.25, -0.2) is 0 Å². The molecule has 0 bridgehead atoms. The molecule has 2 atom stereocenters. The lowest BCUT2D eigenvalue weighted by Gasteiger charge is -2.26. The average molecular weight is 388 g/mol. The summed E-state index contributed by atoms with van der Waals surface area (Å²) in [7, 11) is 0. The lowest BCUT2D eigenvalue weighted by molar-refractivity contribution is 0.475. The topological polar surface area (TPSA) is 48.4 Å². The molecule has 0 radical (unpaired) electrons. The third-order valence-electron chi connectivity index (χ3n) is 4.11. The first-order valence-electron chi connectivity index (χ1n) is 7.68. The van der Waals surface area contributed by atoms with E-state index in [0.717, 1.165) is 20.6 Å². The average Bonchev–Trinajstić information content (AvgIpc) is 3.20. The third-order valence-corrected chi connectivity index (χ3v) is 5.73. The Kier molecular flexibility index (Phi) is 4.33. The smallest absolute Gasteiger partial charge is 0.174 e. The van der Waals surface area contributed by atoms with E-state index in [4.69, 9.17) is 23.8 Å². The van der Waals surface area contributed by atoms with Crippen LogP contribution < -0.4 is 10.2 Å². The predicted octanol–water partition coefficient (Wildman–Crippen LogP) is 4.68. The minimum atomic E-state index is -0.0859. The minimum absolute atomic E-state index is 0.0653. The van der Waals surface area contributed by atoms with Crippen molar-refractivity contribution >= 4 is 46.0 Å². The Bertz CT molecular complexity index is 898. The minimum Gasteiger partial charge on any atom is -0.508 e. The van der Waals surface area contributed by atoms with Crippen LogP contribution in [0.1, 0.15) is 22.7 Å². The summed E-state index contributed by atoms with van der Waals surface area (Å²) in [4.78, 5) is 7.65. The number of aromatic hydroxyl groups is 1. The number of thiophene rings is 1. The molecule has 0 saturated carbocycles. The highest BCUT2D eigenvalue weighted by atomic mass is 35.5. The summed E-state index contributed by atoms with van der Waals surface area (Å²) in [6.45, 7) is 0. The summed E-state index contributed by atoms with van der Waals surface area (Å²) >= 11 is 13.3. The zero-order valence-electron chi connectivity index (χ0n) is 13.0. The van der Waals surface area contributed by atoms with Crippen LogP contribution in [0.3, 0.4) is 0 Å². The van der Waals surface area contributed by atoms with Crippen molar-refractivity contribution in [3.8, 4) is 5.75 Å². The predicted molar refractivity (Wildman–Crippen MR) is 105 cm³/mol. The first-order chi connectivity index (χ1) is 12.1. The second-order valence-corrected chi connectivity index (χ2v) is 7.79. The van der Waals surface area contributed by atoms with Crippen molar-refractivity contribution in [2.45, 2.75) is 12.1 Å². The molecule has 1 aliphatic rings. The molecule has 3 heterocycles. The van der Waals surface area contributed by atoms with E-state index in [9.17, 15) is 5.11 Å². The Balaban J connectivity index is 1.81. The van der Waals surface area contributed by atoms with Crippen molar-refractivity contribution in [3.63, 3.8) is 0 Å². The number of phenols is 1. The summed E-state index contributed by atoms with van der Waals surface area (Å²) in [5, 5.41) is 13.6. The lowest BCUT2D eigenvalue weighted by Crippen LogP contribution is -2.28. The molecule has 0 aliphatic carbocycles. The number of hydrogen-bond acceptors (Lipinski definition) is 4. The molecular formula is C18H14ClN3OS2. The summed E-state index contributed by atoms with van der Waals surface area (Å²) in [5.74, 6) is 0.221. The van der Waals surface area contributed by atoms with Crippen molar-refractivity contribution in [3.05, 3.63) is 75.7 Å². The first kappa shape index (κ1) is 16.3. The van der Waals surface area contributed by atoms with Gasteiger partial charge in [0.1, 0.15) is 5.75 Å². The lowest BCUT2D eigenvalue weighted by atomic mass is 10.0. The second-order valence-electron chi connectivity index (χ2n) is 5.65. The standard InChI is InChI=1S/C18H14ClN3OS2/c19-15-9-8-14(25-15)17-16(13-3-1-2-10-20-13)21-18(24)22(17)11-4-6-12(23)7-5-11/h1-10,16-17,23H,(H,21,24). The molecule has 2 N–H and O–H groups in total. The molecule has 1 fully saturated rings. The number of benzene rings is 1. The quantitative estimate of drug-likeness (QED) is 0.639. The monoisotopic (exact) mass is 387 g/mol. The SMILES string of the molecule is Oc1ccc(N2C(=S)NC(c3ccccn3)C2c2ccc(Cl)s2)cc1. The van der Waals surface area contributed by atoms with Gasteiger partial charge in [0.2, 0.25) is 0 Å². The van der Waals surface area contributed by atoms with Crippen LogP contribution in [-0.2, 0) is 0 Å². The number of pyridine rings is 1. The third kappa shape index (κ3) is 3.08. The Morgan fingerprint density at radius 3 is 2.56 bits per heavy atom. The van der Waals surface area contributed by atoms with Crippen molar-refractivity contribution in [1.29, 1.82) is 0 Å². The zero-order chi connectivity index (χ0) is 17.4. The highest BCUT2D eigenvalue weighted by molar-refractivity contribution is 7.80.